The van der Waals surface area contributed by atoms with Crippen molar-refractivity contribution in [1.29, 1.82) is 5.53 Å². The predicted molar refractivity (Wildman–Crippen MR) is 48.0 cm³/mol. The Morgan fingerprint density at radius 1 is 1.67 bits per heavy atom. The normalized spacial score (nSPS) is 11.3. The van der Waals surface area contributed by atoms with E-state index in [1.165, 1.54) is 6.42 Å². The summed E-state index contributed by atoms with van der Waals surface area (Å²) in [5.41, 5.74) is 7.40. The zero-order valence-corrected chi connectivity index (χ0v) is 7.76. The van der Waals surface area contributed by atoms with Crippen molar-refractivity contribution in [3.8, 4) is 0 Å². The van der Waals surface area contributed by atoms with Crippen molar-refractivity contribution in [3.05, 3.63) is 11.9 Å². The molecule has 0 aliphatic heterocycles. The molecular formula is C8H17N3O. The van der Waals surface area contributed by atoms with Gasteiger partial charge in [0.25, 0.3) is 0 Å². The summed E-state index contributed by atoms with van der Waals surface area (Å²) in [7, 11) is 1.59. The number of nitrogens with one attached hydrogen (secondary N) is 2. The van der Waals surface area contributed by atoms with E-state index in [9.17, 15) is 0 Å². The largest absolute Gasteiger partial charge is 0.389 e. The van der Waals surface area contributed by atoms with Gasteiger partial charge in [0.1, 0.15) is 5.70 Å². The Bertz CT molecular complexity index is 145. The fourth-order valence-corrected chi connectivity index (χ4v) is 0.723. The Morgan fingerprint density at radius 3 is 2.92 bits per heavy atom. The molecule has 0 rings (SSSR count). The Labute approximate surface area is 73.5 Å². The molecule has 0 fully saturated rings. The third-order valence-corrected chi connectivity index (χ3v) is 1.38. The molecule has 12 heavy (non-hydrogen) atoms. The Hall–Kier alpha value is -0.900. The van der Waals surface area contributed by atoms with Gasteiger partial charge in [-0.05, 0) is 6.42 Å². The number of unbranched alkanes of at least 4 members (excludes halogenated alkanes) is 1. The smallest absolute Gasteiger partial charge is 0.104 e. The van der Waals surface area contributed by atoms with E-state index in [4.69, 9.17) is 10.3 Å². The van der Waals surface area contributed by atoms with Crippen LogP contribution in [0.5, 0.6) is 0 Å². The van der Waals surface area contributed by atoms with Crippen molar-refractivity contribution >= 4 is 0 Å². The standard InChI is InChI=1S/C8H17N3O/c1-3-4-5-10-6-8(11-9)7-12-2/h6,9-10H,3-5,7H2,1-2H3/b8-6-,11-9?. The number of hydrogen-bond acceptors (Lipinski definition) is 4. The molecule has 4 heteroatoms. The third kappa shape index (κ3) is 5.85. The highest BCUT2D eigenvalue weighted by atomic mass is 16.5. The minimum Gasteiger partial charge on any atom is -0.389 e. The van der Waals surface area contributed by atoms with Crippen molar-refractivity contribution in [2.75, 3.05) is 20.3 Å². The van der Waals surface area contributed by atoms with Crippen molar-refractivity contribution in [2.45, 2.75) is 19.8 Å². The van der Waals surface area contributed by atoms with Crippen LogP contribution in [0.1, 0.15) is 19.8 Å². The molecule has 0 aromatic heterocycles. The van der Waals surface area contributed by atoms with Crippen molar-refractivity contribution in [1.82, 2.24) is 5.32 Å². The van der Waals surface area contributed by atoms with E-state index in [1.54, 1.807) is 13.3 Å². The number of methoxy groups -OCH3 is 1. The first-order valence-electron chi connectivity index (χ1n) is 4.14. The lowest BCUT2D eigenvalue weighted by atomic mass is 10.3. The van der Waals surface area contributed by atoms with Crippen LogP contribution in [0.25, 0.3) is 0 Å². The lowest BCUT2D eigenvalue weighted by Crippen LogP contribution is -2.08. The summed E-state index contributed by atoms with van der Waals surface area (Å²) in [5, 5.41) is 6.37. The molecule has 4 nitrogen and oxygen atoms in total. The minimum atomic E-state index is 0.391. The molecule has 0 amide bonds. The number of rotatable bonds is 7. The van der Waals surface area contributed by atoms with E-state index in [2.05, 4.69) is 17.4 Å². The zero-order valence-electron chi connectivity index (χ0n) is 7.76. The SMILES string of the molecule is CCCCN/C=C(/COC)N=N. The lowest BCUT2D eigenvalue weighted by Gasteiger charge is -2.00. The average molecular weight is 171 g/mol. The van der Waals surface area contributed by atoms with E-state index < -0.39 is 0 Å². The van der Waals surface area contributed by atoms with Crippen LogP contribution < -0.4 is 5.32 Å². The third-order valence-electron chi connectivity index (χ3n) is 1.38. The topological polar surface area (TPSA) is 57.5 Å². The molecule has 2 N–H and O–H groups in total. The molecule has 0 aliphatic carbocycles. The second kappa shape index (κ2) is 8.20. The van der Waals surface area contributed by atoms with Gasteiger partial charge in [-0.15, -0.1) is 0 Å². The van der Waals surface area contributed by atoms with E-state index in [-0.39, 0.29) is 0 Å². The molecule has 0 unspecified atom stereocenters. The Kier molecular flexibility index (Phi) is 7.58. The summed E-state index contributed by atoms with van der Waals surface area (Å²) < 4.78 is 4.83. The maximum atomic E-state index is 6.78. The molecule has 0 heterocycles. The molecule has 0 aromatic rings. The van der Waals surface area contributed by atoms with Crippen molar-refractivity contribution < 1.29 is 4.74 Å². The van der Waals surface area contributed by atoms with Gasteiger partial charge >= 0.3 is 0 Å². The van der Waals surface area contributed by atoms with Crippen LogP contribution in [0.15, 0.2) is 17.0 Å². The summed E-state index contributed by atoms with van der Waals surface area (Å²) in [5.74, 6) is 0. The first kappa shape index (κ1) is 11.1. The molecule has 0 saturated carbocycles. The van der Waals surface area contributed by atoms with Gasteiger partial charge in [-0.2, -0.15) is 5.11 Å². The van der Waals surface area contributed by atoms with Crippen molar-refractivity contribution in [2.24, 2.45) is 5.11 Å². The summed E-state index contributed by atoms with van der Waals surface area (Å²) >= 11 is 0. The number of nitrogens with zero attached hydrogens (tertiary/aromatic N) is 1. The Morgan fingerprint density at radius 2 is 2.42 bits per heavy atom. The van der Waals surface area contributed by atoms with Gasteiger partial charge in [-0.1, -0.05) is 13.3 Å². The van der Waals surface area contributed by atoms with Crippen LogP contribution in [0.2, 0.25) is 0 Å². The van der Waals surface area contributed by atoms with Crippen LogP contribution in [0.3, 0.4) is 0 Å². The van der Waals surface area contributed by atoms with Crippen LogP contribution in [-0.4, -0.2) is 20.3 Å². The lowest BCUT2D eigenvalue weighted by molar-refractivity contribution is 0.223. The van der Waals surface area contributed by atoms with Gasteiger partial charge in [0.2, 0.25) is 0 Å². The van der Waals surface area contributed by atoms with E-state index >= 15 is 0 Å². The molecule has 0 aromatic carbocycles. The van der Waals surface area contributed by atoms with Gasteiger partial charge in [-0.3, -0.25) is 0 Å². The van der Waals surface area contributed by atoms with E-state index in [0.717, 1.165) is 13.0 Å². The highest BCUT2D eigenvalue weighted by molar-refractivity contribution is 4.96. The molecule has 0 aliphatic rings. The monoisotopic (exact) mass is 171 g/mol. The van der Waals surface area contributed by atoms with Crippen LogP contribution in [0.4, 0.5) is 0 Å². The molecule has 0 bridgehead atoms. The maximum absolute atomic E-state index is 6.78. The highest BCUT2D eigenvalue weighted by Gasteiger charge is 1.91. The molecule has 0 saturated heterocycles. The van der Waals surface area contributed by atoms with Gasteiger partial charge in [0, 0.05) is 19.9 Å². The van der Waals surface area contributed by atoms with E-state index in [0.29, 0.717) is 12.3 Å². The maximum Gasteiger partial charge on any atom is 0.104 e. The van der Waals surface area contributed by atoms with E-state index in [1.807, 2.05) is 0 Å². The number of ether oxygens (including phenoxy) is 1. The van der Waals surface area contributed by atoms with Gasteiger partial charge in [0.15, 0.2) is 0 Å². The van der Waals surface area contributed by atoms with Crippen LogP contribution >= 0.6 is 0 Å². The summed E-state index contributed by atoms with van der Waals surface area (Å²) in [4.78, 5) is 0. The predicted octanol–water partition coefficient (Wildman–Crippen LogP) is 1.89. The fourth-order valence-electron chi connectivity index (χ4n) is 0.723. The highest BCUT2D eigenvalue weighted by Crippen LogP contribution is 1.93. The quantitative estimate of drug-likeness (QED) is 0.454. The first-order chi connectivity index (χ1) is 5.85. The molecule has 0 atom stereocenters. The second-order valence-corrected chi connectivity index (χ2v) is 2.49. The van der Waals surface area contributed by atoms with Gasteiger partial charge < -0.3 is 10.1 Å². The van der Waals surface area contributed by atoms with Gasteiger partial charge in [-0.25, -0.2) is 5.53 Å². The zero-order chi connectivity index (χ0) is 9.23. The molecule has 0 radical (unpaired) electrons. The molecule has 70 valence electrons. The van der Waals surface area contributed by atoms with Crippen LogP contribution in [0, 0.1) is 5.53 Å². The van der Waals surface area contributed by atoms with Gasteiger partial charge in [0.05, 0.1) is 6.61 Å². The Balaban J connectivity index is 3.55. The second-order valence-electron chi connectivity index (χ2n) is 2.49. The molecule has 0 spiro atoms. The summed E-state index contributed by atoms with van der Waals surface area (Å²) in [6, 6.07) is 0. The minimum absolute atomic E-state index is 0.391. The fraction of sp³-hybridized carbons (Fsp3) is 0.750. The van der Waals surface area contributed by atoms with Crippen molar-refractivity contribution in [3.63, 3.8) is 0 Å². The summed E-state index contributed by atoms with van der Waals surface area (Å²) in [6.07, 6.45) is 4.03. The molecular weight excluding hydrogens is 154 g/mol. The van der Waals surface area contributed by atoms with Crippen LogP contribution in [-0.2, 0) is 4.74 Å². The average Bonchev–Trinajstić information content (AvgIpc) is 2.10. The first-order valence-corrected chi connectivity index (χ1v) is 4.14. The number of hydrogen-bond donors (Lipinski definition) is 2. The summed E-state index contributed by atoms with van der Waals surface area (Å²) in [6.45, 7) is 3.46.